The number of amides is 1. The predicted octanol–water partition coefficient (Wildman–Crippen LogP) is 4.95. The first-order chi connectivity index (χ1) is 17.5. The number of rotatable bonds is 6. The number of carbonyl (C=O) groups excluding carboxylic acids is 2. The smallest absolute Gasteiger partial charge is 0.343 e. The van der Waals surface area contributed by atoms with Crippen LogP contribution in [0.5, 0.6) is 5.75 Å². The number of fused-ring (bicyclic) bond motifs is 1. The zero-order chi connectivity index (χ0) is 25.1. The van der Waals surface area contributed by atoms with Gasteiger partial charge in [-0.3, -0.25) is 14.8 Å². The first-order valence-corrected chi connectivity index (χ1v) is 13.0. The molecule has 10 heteroatoms. The van der Waals surface area contributed by atoms with Gasteiger partial charge in [0.25, 0.3) is 15.9 Å². The second-order valence-corrected chi connectivity index (χ2v) is 10.5. The number of carbonyl (C=O) groups is 2. The third-order valence-electron chi connectivity index (χ3n) is 5.30. The highest BCUT2D eigenvalue weighted by molar-refractivity contribution is 7.95. The molecule has 0 aliphatic carbocycles. The molecule has 3 aromatic heterocycles. The number of ether oxygens (including phenoxy) is 1. The molecule has 0 aliphatic heterocycles. The highest BCUT2D eigenvalue weighted by Crippen LogP contribution is 2.38. The Balaban J connectivity index is 1.66. The highest BCUT2D eigenvalue weighted by Gasteiger charge is 2.34. The molecule has 0 radical (unpaired) electrons. The van der Waals surface area contributed by atoms with Gasteiger partial charge >= 0.3 is 5.97 Å². The van der Waals surface area contributed by atoms with E-state index in [9.17, 15) is 18.0 Å². The minimum atomic E-state index is -4.26. The second kappa shape index (κ2) is 9.68. The monoisotopic (exact) mass is 515 g/mol. The van der Waals surface area contributed by atoms with E-state index in [0.717, 1.165) is 15.6 Å². The third-order valence-corrected chi connectivity index (χ3v) is 8.37. The van der Waals surface area contributed by atoms with E-state index in [1.165, 1.54) is 67.3 Å². The summed E-state index contributed by atoms with van der Waals surface area (Å²) in [4.78, 5) is 34.1. The Morgan fingerprint density at radius 3 is 2.03 bits per heavy atom. The molecular formula is C26H17N3O5S2. The van der Waals surface area contributed by atoms with Gasteiger partial charge in [0, 0.05) is 41.1 Å². The van der Waals surface area contributed by atoms with E-state index in [1.54, 1.807) is 35.7 Å². The summed E-state index contributed by atoms with van der Waals surface area (Å²) in [6.45, 7) is 0. The largest absolute Gasteiger partial charge is 0.422 e. The standard InChI is InChI=1S/C26H17N3O5S2/c30-25(18-9-13-27-14-10-18)29(36(32,33)24-6-3-17-35-24)22-7-8-23(21-5-2-1-4-20(21)22)34-26(31)19-11-15-28-16-12-19/h1-17H. The first-order valence-electron chi connectivity index (χ1n) is 10.6. The van der Waals surface area contributed by atoms with Crippen LogP contribution in [0.25, 0.3) is 10.8 Å². The number of thiophene rings is 1. The lowest BCUT2D eigenvalue weighted by molar-refractivity contribution is 0.0736. The molecule has 0 unspecified atom stereocenters. The topological polar surface area (TPSA) is 107 Å². The molecule has 0 N–H and O–H groups in total. The van der Waals surface area contributed by atoms with Crippen molar-refractivity contribution in [3.63, 3.8) is 0 Å². The van der Waals surface area contributed by atoms with Gasteiger partial charge in [0.15, 0.2) is 0 Å². The molecule has 0 aliphatic rings. The van der Waals surface area contributed by atoms with Crippen molar-refractivity contribution < 1.29 is 22.7 Å². The Hall–Kier alpha value is -4.41. The number of aromatic nitrogens is 2. The number of esters is 1. The Kier molecular flexibility index (Phi) is 6.28. The Morgan fingerprint density at radius 1 is 0.750 bits per heavy atom. The van der Waals surface area contributed by atoms with Crippen LogP contribution in [0.4, 0.5) is 5.69 Å². The molecule has 5 aromatic rings. The summed E-state index contributed by atoms with van der Waals surface area (Å²) < 4.78 is 33.8. The van der Waals surface area contributed by atoms with E-state index in [1.807, 2.05) is 0 Å². The van der Waals surface area contributed by atoms with Crippen molar-refractivity contribution in [1.29, 1.82) is 0 Å². The molecular weight excluding hydrogens is 498 g/mol. The Morgan fingerprint density at radius 2 is 1.39 bits per heavy atom. The van der Waals surface area contributed by atoms with Crippen molar-refractivity contribution >= 4 is 49.7 Å². The van der Waals surface area contributed by atoms with Crippen LogP contribution in [0.1, 0.15) is 20.7 Å². The SMILES string of the molecule is O=C(Oc1ccc(N(C(=O)c2ccncc2)S(=O)(=O)c2cccs2)c2ccccc12)c1ccncc1. The van der Waals surface area contributed by atoms with Crippen LogP contribution in [0.15, 0.2) is 107 Å². The lowest BCUT2D eigenvalue weighted by atomic mass is 10.1. The molecule has 0 saturated heterocycles. The van der Waals surface area contributed by atoms with Gasteiger partial charge in [0.1, 0.15) is 9.96 Å². The molecule has 1 amide bonds. The summed E-state index contributed by atoms with van der Waals surface area (Å²) in [5.74, 6) is -1.11. The van der Waals surface area contributed by atoms with Crippen molar-refractivity contribution in [2.75, 3.05) is 4.31 Å². The zero-order valence-electron chi connectivity index (χ0n) is 18.5. The maximum absolute atomic E-state index is 13.7. The molecule has 2 aromatic carbocycles. The van der Waals surface area contributed by atoms with E-state index in [0.29, 0.717) is 16.3 Å². The fraction of sp³-hybridized carbons (Fsp3) is 0. The third kappa shape index (κ3) is 4.35. The van der Waals surface area contributed by atoms with Gasteiger partial charge in [-0.2, -0.15) is 12.7 Å². The number of nitrogens with zero attached hydrogens (tertiary/aromatic N) is 3. The van der Waals surface area contributed by atoms with Crippen molar-refractivity contribution in [3.8, 4) is 5.75 Å². The second-order valence-electron chi connectivity index (χ2n) is 7.50. The van der Waals surface area contributed by atoms with Crippen molar-refractivity contribution in [1.82, 2.24) is 9.97 Å². The minimum absolute atomic E-state index is 0.0159. The van der Waals surface area contributed by atoms with Gasteiger partial charge in [-0.15, -0.1) is 11.3 Å². The summed E-state index contributed by atoms with van der Waals surface area (Å²) in [5.41, 5.74) is 0.597. The van der Waals surface area contributed by atoms with Crippen molar-refractivity contribution in [2.24, 2.45) is 0 Å². The fourth-order valence-electron chi connectivity index (χ4n) is 3.63. The summed E-state index contributed by atoms with van der Waals surface area (Å²) >= 11 is 1.01. The number of pyridine rings is 2. The summed E-state index contributed by atoms with van der Waals surface area (Å²) in [6, 6.07) is 18.8. The molecule has 0 fully saturated rings. The van der Waals surface area contributed by atoms with Gasteiger partial charge in [0.05, 0.1) is 11.3 Å². The van der Waals surface area contributed by atoms with Crippen LogP contribution >= 0.6 is 11.3 Å². The Bertz CT molecular complexity index is 1660. The number of anilines is 1. The van der Waals surface area contributed by atoms with E-state index < -0.39 is 21.9 Å². The first kappa shape index (κ1) is 23.3. The molecule has 5 rings (SSSR count). The van der Waals surface area contributed by atoms with Crippen LogP contribution in [-0.4, -0.2) is 30.3 Å². The van der Waals surface area contributed by atoms with Crippen molar-refractivity contribution in [2.45, 2.75) is 4.21 Å². The average molecular weight is 516 g/mol. The molecule has 0 bridgehead atoms. The number of sulfonamides is 1. The zero-order valence-corrected chi connectivity index (χ0v) is 20.1. The molecule has 8 nitrogen and oxygen atoms in total. The van der Waals surface area contributed by atoms with Crippen LogP contribution in [0, 0.1) is 0 Å². The molecule has 36 heavy (non-hydrogen) atoms. The number of benzene rings is 2. The lowest BCUT2D eigenvalue weighted by Crippen LogP contribution is -2.36. The number of hydrogen-bond donors (Lipinski definition) is 0. The maximum Gasteiger partial charge on any atom is 0.343 e. The molecule has 178 valence electrons. The van der Waals surface area contributed by atoms with E-state index >= 15 is 0 Å². The van der Waals surface area contributed by atoms with Gasteiger partial charge in [-0.25, -0.2) is 4.79 Å². The van der Waals surface area contributed by atoms with Crippen LogP contribution in [0.2, 0.25) is 0 Å². The Labute approximate surface area is 210 Å². The van der Waals surface area contributed by atoms with Crippen LogP contribution in [0.3, 0.4) is 0 Å². The van der Waals surface area contributed by atoms with Gasteiger partial charge in [0.2, 0.25) is 0 Å². The van der Waals surface area contributed by atoms with Gasteiger partial charge in [-0.1, -0.05) is 30.3 Å². The molecule has 0 spiro atoms. The van der Waals surface area contributed by atoms with Crippen LogP contribution in [-0.2, 0) is 10.0 Å². The average Bonchev–Trinajstić information content (AvgIpc) is 3.47. The van der Waals surface area contributed by atoms with Gasteiger partial charge in [-0.05, 0) is 47.8 Å². The molecule has 3 heterocycles. The van der Waals surface area contributed by atoms with Crippen LogP contribution < -0.4 is 9.04 Å². The van der Waals surface area contributed by atoms with Crippen molar-refractivity contribution in [3.05, 3.63) is 114 Å². The minimum Gasteiger partial charge on any atom is -0.422 e. The van der Waals surface area contributed by atoms with Gasteiger partial charge < -0.3 is 4.74 Å². The maximum atomic E-state index is 13.7. The van der Waals surface area contributed by atoms with E-state index in [-0.39, 0.29) is 21.2 Å². The predicted molar refractivity (Wildman–Crippen MR) is 136 cm³/mol. The van der Waals surface area contributed by atoms with E-state index in [4.69, 9.17) is 4.74 Å². The molecule has 0 saturated carbocycles. The quantitative estimate of drug-likeness (QED) is 0.233. The lowest BCUT2D eigenvalue weighted by Gasteiger charge is -2.24. The van der Waals surface area contributed by atoms with E-state index in [2.05, 4.69) is 9.97 Å². The molecule has 0 atom stereocenters. The summed E-state index contributed by atoms with van der Waals surface area (Å²) in [5, 5.41) is 2.51. The number of hydrogen-bond acceptors (Lipinski definition) is 8. The summed E-state index contributed by atoms with van der Waals surface area (Å²) in [6.07, 6.45) is 5.80. The normalized spacial score (nSPS) is 11.2. The highest BCUT2D eigenvalue weighted by atomic mass is 32.2. The summed E-state index contributed by atoms with van der Waals surface area (Å²) in [7, 11) is -4.26. The fourth-order valence-corrected chi connectivity index (χ4v) is 6.13.